The second-order valence-electron chi connectivity index (χ2n) is 8.44. The molecule has 3 fully saturated rings. The van der Waals surface area contributed by atoms with E-state index < -0.39 is 18.9 Å². The van der Waals surface area contributed by atoms with Crippen molar-refractivity contribution < 1.29 is 28.4 Å². The predicted molar refractivity (Wildman–Crippen MR) is 119 cm³/mol. The SMILES string of the molecule is c1ccc(C2OC[C@@H]3OC(c4ccccc4)O[C@H]3[C@@H]3OC(c4ccccc4)O[C@@H]3CO2)cc1. The molecule has 6 heteroatoms. The number of hydrogen-bond donors (Lipinski definition) is 0. The van der Waals surface area contributed by atoms with Gasteiger partial charge < -0.3 is 28.4 Å². The molecule has 0 saturated carbocycles. The van der Waals surface area contributed by atoms with Gasteiger partial charge >= 0.3 is 0 Å². The molecule has 6 rings (SSSR count). The molecule has 0 N–H and O–H groups in total. The Kier molecular flexibility index (Phi) is 5.94. The highest BCUT2D eigenvalue weighted by molar-refractivity contribution is 5.19. The lowest BCUT2D eigenvalue weighted by atomic mass is 10.0. The summed E-state index contributed by atoms with van der Waals surface area (Å²) in [5, 5.41) is 0. The second-order valence-corrected chi connectivity index (χ2v) is 8.44. The van der Waals surface area contributed by atoms with Crippen molar-refractivity contribution in [3.8, 4) is 0 Å². The van der Waals surface area contributed by atoms with Crippen molar-refractivity contribution >= 4 is 0 Å². The average molecular weight is 446 g/mol. The fourth-order valence-electron chi connectivity index (χ4n) is 4.59. The first-order valence-corrected chi connectivity index (χ1v) is 11.3. The maximum atomic E-state index is 6.42. The van der Waals surface area contributed by atoms with Crippen molar-refractivity contribution in [2.45, 2.75) is 43.3 Å². The number of benzene rings is 3. The van der Waals surface area contributed by atoms with Gasteiger partial charge in [0.2, 0.25) is 0 Å². The van der Waals surface area contributed by atoms with Gasteiger partial charge in [0.1, 0.15) is 24.4 Å². The van der Waals surface area contributed by atoms with E-state index in [-0.39, 0.29) is 24.4 Å². The maximum Gasteiger partial charge on any atom is 0.184 e. The Hall–Kier alpha value is -2.58. The Balaban J connectivity index is 1.29. The van der Waals surface area contributed by atoms with Gasteiger partial charge in [-0.05, 0) is 0 Å². The van der Waals surface area contributed by atoms with Crippen LogP contribution in [0.3, 0.4) is 0 Å². The van der Waals surface area contributed by atoms with Crippen LogP contribution in [0.1, 0.15) is 35.6 Å². The third-order valence-electron chi connectivity index (χ3n) is 6.25. The summed E-state index contributed by atoms with van der Waals surface area (Å²) in [6, 6.07) is 29.8. The number of hydrogen-bond acceptors (Lipinski definition) is 6. The van der Waals surface area contributed by atoms with E-state index in [1.807, 2.05) is 91.0 Å². The monoisotopic (exact) mass is 446 g/mol. The summed E-state index contributed by atoms with van der Waals surface area (Å²) in [7, 11) is 0. The Morgan fingerprint density at radius 2 is 0.788 bits per heavy atom. The summed E-state index contributed by atoms with van der Waals surface area (Å²) in [4.78, 5) is 0. The molecule has 0 spiro atoms. The lowest BCUT2D eigenvalue weighted by molar-refractivity contribution is -0.180. The molecular formula is C27H26O6. The first-order chi connectivity index (χ1) is 16.3. The summed E-state index contributed by atoms with van der Waals surface area (Å²) in [6.45, 7) is 0.631. The molecule has 0 radical (unpaired) electrons. The van der Waals surface area contributed by atoms with Gasteiger partial charge in [0, 0.05) is 16.7 Å². The zero-order valence-corrected chi connectivity index (χ0v) is 18.1. The van der Waals surface area contributed by atoms with E-state index in [0.717, 1.165) is 16.7 Å². The van der Waals surface area contributed by atoms with Crippen LogP contribution in [0.25, 0.3) is 0 Å². The molecule has 6 nitrogen and oxygen atoms in total. The highest BCUT2D eigenvalue weighted by Crippen LogP contribution is 2.42. The molecule has 0 bridgehead atoms. The van der Waals surface area contributed by atoms with Crippen LogP contribution in [-0.2, 0) is 28.4 Å². The van der Waals surface area contributed by atoms with Gasteiger partial charge in [0.25, 0.3) is 0 Å². The van der Waals surface area contributed by atoms with Crippen LogP contribution in [0.2, 0.25) is 0 Å². The van der Waals surface area contributed by atoms with Crippen LogP contribution >= 0.6 is 0 Å². The molecule has 0 aliphatic carbocycles. The van der Waals surface area contributed by atoms with E-state index >= 15 is 0 Å². The van der Waals surface area contributed by atoms with Crippen molar-refractivity contribution in [3.63, 3.8) is 0 Å². The molecular weight excluding hydrogens is 420 g/mol. The van der Waals surface area contributed by atoms with Crippen molar-refractivity contribution in [1.29, 1.82) is 0 Å². The molecule has 3 aliphatic rings. The summed E-state index contributed by atoms with van der Waals surface area (Å²) in [5.41, 5.74) is 2.88. The van der Waals surface area contributed by atoms with E-state index in [4.69, 9.17) is 28.4 Å². The summed E-state index contributed by atoms with van der Waals surface area (Å²) in [5.74, 6) is 0. The van der Waals surface area contributed by atoms with Gasteiger partial charge in [0.15, 0.2) is 18.9 Å². The maximum absolute atomic E-state index is 6.42. The van der Waals surface area contributed by atoms with E-state index in [1.54, 1.807) is 0 Å². The first-order valence-electron chi connectivity index (χ1n) is 11.3. The molecule has 3 heterocycles. The first kappa shape index (κ1) is 21.0. The van der Waals surface area contributed by atoms with E-state index in [9.17, 15) is 0 Å². The third kappa shape index (κ3) is 4.34. The smallest absolute Gasteiger partial charge is 0.184 e. The van der Waals surface area contributed by atoms with Crippen molar-refractivity contribution in [3.05, 3.63) is 108 Å². The minimum absolute atomic E-state index is 0.316. The number of ether oxygens (including phenoxy) is 6. The quantitative estimate of drug-likeness (QED) is 0.582. The molecule has 3 aromatic carbocycles. The summed E-state index contributed by atoms with van der Waals surface area (Å²) < 4.78 is 37.9. The van der Waals surface area contributed by atoms with E-state index in [2.05, 4.69) is 0 Å². The Morgan fingerprint density at radius 1 is 0.424 bits per heavy atom. The van der Waals surface area contributed by atoms with Gasteiger partial charge in [-0.1, -0.05) is 91.0 Å². The highest BCUT2D eigenvalue weighted by atomic mass is 16.8. The fourth-order valence-corrected chi connectivity index (χ4v) is 4.59. The van der Waals surface area contributed by atoms with Gasteiger partial charge in [-0.3, -0.25) is 0 Å². The predicted octanol–water partition coefficient (Wildman–Crippen LogP) is 4.70. The fraction of sp³-hybridized carbons (Fsp3) is 0.333. The van der Waals surface area contributed by atoms with Crippen molar-refractivity contribution in [2.75, 3.05) is 13.2 Å². The number of fused-ring (bicyclic) bond motifs is 3. The standard InChI is InChI=1S/C27H26O6/c1-4-10-18(11-5-1)25-28-16-21-23(32-26(30-21)19-12-6-2-7-13-19)24-22(17-29-25)31-27(33-24)20-14-8-3-9-15-20/h1-15,21-27H,16-17H2/t21-,22+,23-,24-,25?,26?,27?/m1/s1. The molecule has 3 unspecified atom stereocenters. The normalized spacial score (nSPS) is 34.0. The van der Waals surface area contributed by atoms with Crippen LogP contribution in [0.15, 0.2) is 91.0 Å². The minimum Gasteiger partial charge on any atom is -0.346 e. The van der Waals surface area contributed by atoms with Crippen LogP contribution in [-0.4, -0.2) is 37.6 Å². The second kappa shape index (κ2) is 9.35. The van der Waals surface area contributed by atoms with Gasteiger partial charge in [0.05, 0.1) is 13.2 Å². The van der Waals surface area contributed by atoms with Crippen molar-refractivity contribution in [1.82, 2.24) is 0 Å². The van der Waals surface area contributed by atoms with Crippen LogP contribution in [0, 0.1) is 0 Å². The summed E-state index contributed by atoms with van der Waals surface area (Å²) >= 11 is 0. The highest BCUT2D eigenvalue weighted by Gasteiger charge is 2.51. The molecule has 33 heavy (non-hydrogen) atoms. The number of rotatable bonds is 3. The molecule has 3 aromatic rings. The zero-order valence-electron chi connectivity index (χ0n) is 18.1. The molecule has 7 atom stereocenters. The van der Waals surface area contributed by atoms with Gasteiger partial charge in [-0.15, -0.1) is 0 Å². The van der Waals surface area contributed by atoms with Crippen LogP contribution in [0.4, 0.5) is 0 Å². The molecule has 170 valence electrons. The Labute approximate surface area is 192 Å². The van der Waals surface area contributed by atoms with Crippen molar-refractivity contribution in [2.24, 2.45) is 0 Å². The lowest BCUT2D eigenvalue weighted by Crippen LogP contribution is -2.43. The van der Waals surface area contributed by atoms with E-state index in [1.165, 1.54) is 0 Å². The van der Waals surface area contributed by atoms with Crippen LogP contribution < -0.4 is 0 Å². The average Bonchev–Trinajstić information content (AvgIpc) is 3.50. The largest absolute Gasteiger partial charge is 0.346 e. The Morgan fingerprint density at radius 3 is 1.18 bits per heavy atom. The Bertz CT molecular complexity index is 965. The molecule has 3 aliphatic heterocycles. The minimum atomic E-state index is -0.524. The van der Waals surface area contributed by atoms with E-state index in [0.29, 0.717) is 13.2 Å². The zero-order chi connectivity index (χ0) is 22.0. The summed E-state index contributed by atoms with van der Waals surface area (Å²) in [6.07, 6.45) is -2.85. The van der Waals surface area contributed by atoms with Gasteiger partial charge in [-0.25, -0.2) is 0 Å². The molecule has 0 aromatic heterocycles. The molecule has 0 amide bonds. The topological polar surface area (TPSA) is 55.4 Å². The molecule has 3 saturated heterocycles. The van der Waals surface area contributed by atoms with Crippen LogP contribution in [0.5, 0.6) is 0 Å². The lowest BCUT2D eigenvalue weighted by Gasteiger charge is -2.23. The van der Waals surface area contributed by atoms with Gasteiger partial charge in [-0.2, -0.15) is 0 Å². The third-order valence-corrected chi connectivity index (χ3v) is 6.25.